The standard InChI is InChI=1S/C21H28N4O/c1-2-21-22-10-17(11-23-21)12-24-14-19-9-20(26)15-25(19)13-18(24)8-16-6-4-3-5-7-16/h3-7,10-11,18-20,26H,2,8-9,12-15H2,1H3/t18-,19+,20-/m1/s1. The Labute approximate surface area is 155 Å². The molecule has 0 unspecified atom stereocenters. The van der Waals surface area contributed by atoms with Crippen molar-refractivity contribution in [2.24, 2.45) is 0 Å². The number of hydrogen-bond donors (Lipinski definition) is 1. The van der Waals surface area contributed by atoms with Crippen LogP contribution in [0.1, 0.15) is 30.3 Å². The highest BCUT2D eigenvalue weighted by atomic mass is 16.3. The van der Waals surface area contributed by atoms with Crippen molar-refractivity contribution in [2.45, 2.75) is 50.9 Å². The molecule has 0 spiro atoms. The van der Waals surface area contributed by atoms with Crippen molar-refractivity contribution in [3.63, 3.8) is 0 Å². The van der Waals surface area contributed by atoms with Crippen molar-refractivity contribution in [2.75, 3.05) is 19.6 Å². The van der Waals surface area contributed by atoms with E-state index >= 15 is 0 Å². The highest BCUT2D eigenvalue weighted by molar-refractivity contribution is 5.17. The summed E-state index contributed by atoms with van der Waals surface area (Å²) >= 11 is 0. The Morgan fingerprint density at radius 3 is 2.54 bits per heavy atom. The molecule has 3 atom stereocenters. The van der Waals surface area contributed by atoms with Crippen LogP contribution < -0.4 is 0 Å². The minimum absolute atomic E-state index is 0.176. The molecule has 2 aliphatic heterocycles. The highest BCUT2D eigenvalue weighted by Gasteiger charge is 2.39. The molecule has 4 rings (SSSR count). The molecule has 1 N–H and O–H groups in total. The summed E-state index contributed by atoms with van der Waals surface area (Å²) in [5.41, 5.74) is 2.55. The second-order valence-electron chi connectivity index (χ2n) is 7.63. The first-order valence-electron chi connectivity index (χ1n) is 9.71. The van der Waals surface area contributed by atoms with Gasteiger partial charge >= 0.3 is 0 Å². The normalized spacial score (nSPS) is 26.8. The molecular formula is C21H28N4O. The Morgan fingerprint density at radius 1 is 1.04 bits per heavy atom. The molecule has 2 fully saturated rings. The number of piperazine rings is 1. The van der Waals surface area contributed by atoms with Gasteiger partial charge in [0.2, 0.25) is 0 Å². The Kier molecular flexibility index (Phi) is 5.29. The van der Waals surface area contributed by atoms with E-state index in [2.05, 4.69) is 57.0 Å². The van der Waals surface area contributed by atoms with Crippen molar-refractivity contribution < 1.29 is 5.11 Å². The summed E-state index contributed by atoms with van der Waals surface area (Å²) < 4.78 is 0. The van der Waals surface area contributed by atoms with E-state index < -0.39 is 0 Å². The monoisotopic (exact) mass is 352 g/mol. The molecule has 0 saturated carbocycles. The lowest BCUT2D eigenvalue weighted by Crippen LogP contribution is -2.56. The van der Waals surface area contributed by atoms with Gasteiger partial charge in [0.05, 0.1) is 6.10 Å². The molecule has 5 heteroatoms. The predicted octanol–water partition coefficient (Wildman–Crippen LogP) is 1.90. The number of benzene rings is 1. The quantitative estimate of drug-likeness (QED) is 0.891. The van der Waals surface area contributed by atoms with Gasteiger partial charge in [0.25, 0.3) is 0 Å². The Morgan fingerprint density at radius 2 is 1.81 bits per heavy atom. The molecule has 5 nitrogen and oxygen atoms in total. The lowest BCUT2D eigenvalue weighted by Gasteiger charge is -2.43. The maximum absolute atomic E-state index is 10.1. The maximum atomic E-state index is 10.1. The summed E-state index contributed by atoms with van der Waals surface area (Å²) in [5.74, 6) is 0.901. The van der Waals surface area contributed by atoms with Crippen LogP contribution in [0.25, 0.3) is 0 Å². The van der Waals surface area contributed by atoms with Gasteiger partial charge in [-0.25, -0.2) is 9.97 Å². The summed E-state index contributed by atoms with van der Waals surface area (Å²) in [6.07, 6.45) is 6.57. The summed E-state index contributed by atoms with van der Waals surface area (Å²) in [7, 11) is 0. The molecule has 2 saturated heterocycles. The van der Waals surface area contributed by atoms with Gasteiger partial charge in [-0.1, -0.05) is 37.3 Å². The lowest BCUT2D eigenvalue weighted by molar-refractivity contribution is 0.0443. The number of hydrogen-bond acceptors (Lipinski definition) is 5. The van der Waals surface area contributed by atoms with Crippen LogP contribution in [0.4, 0.5) is 0 Å². The van der Waals surface area contributed by atoms with Gasteiger partial charge in [-0.3, -0.25) is 9.80 Å². The average molecular weight is 352 g/mol. The molecular weight excluding hydrogens is 324 g/mol. The van der Waals surface area contributed by atoms with E-state index in [0.29, 0.717) is 12.1 Å². The fourth-order valence-corrected chi connectivity index (χ4v) is 4.33. The van der Waals surface area contributed by atoms with Crippen LogP contribution >= 0.6 is 0 Å². The largest absolute Gasteiger partial charge is 0.392 e. The number of rotatable bonds is 5. The third-order valence-electron chi connectivity index (χ3n) is 5.69. The smallest absolute Gasteiger partial charge is 0.127 e. The third kappa shape index (κ3) is 3.95. The van der Waals surface area contributed by atoms with E-state index in [1.807, 2.05) is 12.4 Å². The molecule has 1 aromatic carbocycles. The minimum atomic E-state index is -0.176. The van der Waals surface area contributed by atoms with Crippen molar-refractivity contribution in [3.05, 3.63) is 59.7 Å². The van der Waals surface area contributed by atoms with Gasteiger partial charge < -0.3 is 5.11 Å². The number of aliphatic hydroxyl groups excluding tert-OH is 1. The molecule has 0 amide bonds. The van der Waals surface area contributed by atoms with Gasteiger partial charge in [-0.05, 0) is 18.4 Å². The van der Waals surface area contributed by atoms with E-state index in [1.165, 1.54) is 11.1 Å². The second-order valence-corrected chi connectivity index (χ2v) is 7.63. The van der Waals surface area contributed by atoms with Crippen LogP contribution in [0.3, 0.4) is 0 Å². The highest BCUT2D eigenvalue weighted by Crippen LogP contribution is 2.27. The summed E-state index contributed by atoms with van der Waals surface area (Å²) in [5, 5.41) is 10.1. The molecule has 26 heavy (non-hydrogen) atoms. The van der Waals surface area contributed by atoms with E-state index in [4.69, 9.17) is 0 Å². The van der Waals surface area contributed by atoms with Gasteiger partial charge in [0, 0.05) is 62.6 Å². The molecule has 0 bridgehead atoms. The zero-order valence-electron chi connectivity index (χ0n) is 15.5. The maximum Gasteiger partial charge on any atom is 0.127 e. The first-order valence-corrected chi connectivity index (χ1v) is 9.71. The summed E-state index contributed by atoms with van der Waals surface area (Å²) in [6, 6.07) is 11.6. The molecule has 1 aromatic heterocycles. The topological polar surface area (TPSA) is 52.5 Å². The Balaban J connectivity index is 1.51. The summed E-state index contributed by atoms with van der Waals surface area (Å²) in [4.78, 5) is 14.0. The lowest BCUT2D eigenvalue weighted by atomic mass is 9.99. The number of aryl methyl sites for hydroxylation is 1. The van der Waals surface area contributed by atoms with Gasteiger partial charge in [0.1, 0.15) is 5.82 Å². The van der Waals surface area contributed by atoms with E-state index in [0.717, 1.165) is 51.3 Å². The fraction of sp³-hybridized carbons (Fsp3) is 0.524. The van der Waals surface area contributed by atoms with E-state index in [1.54, 1.807) is 0 Å². The first-order chi connectivity index (χ1) is 12.7. The fourth-order valence-electron chi connectivity index (χ4n) is 4.33. The summed E-state index contributed by atoms with van der Waals surface area (Å²) in [6.45, 7) is 5.80. The number of aliphatic hydroxyl groups is 1. The first kappa shape index (κ1) is 17.6. The average Bonchev–Trinajstić information content (AvgIpc) is 3.02. The van der Waals surface area contributed by atoms with Crippen molar-refractivity contribution in [1.29, 1.82) is 0 Å². The number of aromatic nitrogens is 2. The van der Waals surface area contributed by atoms with Crippen LogP contribution in [0.5, 0.6) is 0 Å². The van der Waals surface area contributed by atoms with Crippen molar-refractivity contribution >= 4 is 0 Å². The van der Waals surface area contributed by atoms with Crippen LogP contribution in [-0.4, -0.2) is 62.7 Å². The second kappa shape index (κ2) is 7.82. The van der Waals surface area contributed by atoms with Crippen molar-refractivity contribution in [3.8, 4) is 0 Å². The van der Waals surface area contributed by atoms with Crippen LogP contribution in [-0.2, 0) is 19.4 Å². The van der Waals surface area contributed by atoms with Crippen molar-refractivity contribution in [1.82, 2.24) is 19.8 Å². The minimum Gasteiger partial charge on any atom is -0.392 e. The van der Waals surface area contributed by atoms with Gasteiger partial charge in [-0.2, -0.15) is 0 Å². The molecule has 2 aliphatic rings. The zero-order valence-corrected chi connectivity index (χ0v) is 15.5. The molecule has 0 radical (unpaired) electrons. The molecule has 0 aliphatic carbocycles. The Hall–Kier alpha value is -1.82. The third-order valence-corrected chi connectivity index (χ3v) is 5.69. The molecule has 2 aromatic rings. The van der Waals surface area contributed by atoms with Gasteiger partial charge in [0.15, 0.2) is 0 Å². The van der Waals surface area contributed by atoms with Crippen LogP contribution in [0, 0.1) is 0 Å². The molecule has 138 valence electrons. The van der Waals surface area contributed by atoms with E-state index in [9.17, 15) is 5.11 Å². The van der Waals surface area contributed by atoms with Crippen LogP contribution in [0.2, 0.25) is 0 Å². The van der Waals surface area contributed by atoms with Gasteiger partial charge in [-0.15, -0.1) is 0 Å². The number of fused-ring (bicyclic) bond motifs is 1. The predicted molar refractivity (Wildman–Crippen MR) is 102 cm³/mol. The number of nitrogens with zero attached hydrogens (tertiary/aromatic N) is 4. The van der Waals surface area contributed by atoms with Crippen LogP contribution in [0.15, 0.2) is 42.7 Å². The Bertz CT molecular complexity index is 706. The molecule has 3 heterocycles. The van der Waals surface area contributed by atoms with E-state index in [-0.39, 0.29) is 6.10 Å². The zero-order chi connectivity index (χ0) is 17.9. The SMILES string of the molecule is CCc1ncc(CN2C[C@@H]3C[C@@H](O)CN3C[C@H]2Cc2ccccc2)cn1.